The highest BCUT2D eigenvalue weighted by atomic mass is 16.5. The Morgan fingerprint density at radius 1 is 0.750 bits per heavy atom. The van der Waals surface area contributed by atoms with E-state index in [-0.39, 0.29) is 36.9 Å². The summed E-state index contributed by atoms with van der Waals surface area (Å²) in [5.74, 6) is -1.69. The lowest BCUT2D eigenvalue weighted by Gasteiger charge is -2.08. The number of nitrogens with one attached hydrogen (secondary N) is 3. The molecule has 9 heteroatoms. The zero-order chi connectivity index (χ0) is 23.5. The van der Waals surface area contributed by atoms with Gasteiger partial charge in [-0.3, -0.25) is 24.0 Å². The van der Waals surface area contributed by atoms with E-state index in [1.807, 2.05) is 0 Å². The summed E-state index contributed by atoms with van der Waals surface area (Å²) in [6.07, 6.45) is 0.329. The van der Waals surface area contributed by atoms with Crippen LogP contribution in [0.3, 0.4) is 0 Å². The van der Waals surface area contributed by atoms with E-state index < -0.39 is 18.5 Å². The number of carbonyl (C=O) groups excluding carboxylic acids is 5. The average molecular weight is 439 g/mol. The number of anilines is 3. The average Bonchev–Trinajstić information content (AvgIpc) is 2.73. The van der Waals surface area contributed by atoms with Crippen LogP contribution < -0.4 is 16.0 Å². The molecule has 2 aromatic rings. The molecule has 3 amide bonds. The number of hydrogen-bond acceptors (Lipinski definition) is 6. The van der Waals surface area contributed by atoms with Crippen molar-refractivity contribution in [3.63, 3.8) is 0 Å². The Labute approximate surface area is 185 Å². The normalized spacial score (nSPS) is 10.1. The highest BCUT2D eigenvalue weighted by Gasteiger charge is 2.10. The Hall–Kier alpha value is -4.01. The van der Waals surface area contributed by atoms with Gasteiger partial charge in [0.05, 0.1) is 0 Å². The van der Waals surface area contributed by atoms with E-state index in [0.717, 1.165) is 0 Å². The van der Waals surface area contributed by atoms with Gasteiger partial charge >= 0.3 is 5.97 Å². The second-order valence-corrected chi connectivity index (χ2v) is 7.01. The van der Waals surface area contributed by atoms with Crippen LogP contribution in [0.5, 0.6) is 0 Å². The van der Waals surface area contributed by atoms with Crippen LogP contribution in [-0.4, -0.2) is 36.1 Å². The second-order valence-electron chi connectivity index (χ2n) is 7.01. The summed E-state index contributed by atoms with van der Waals surface area (Å²) in [5, 5.41) is 7.86. The number of amides is 3. The molecule has 0 saturated carbocycles. The van der Waals surface area contributed by atoms with Gasteiger partial charge in [-0.25, -0.2) is 0 Å². The van der Waals surface area contributed by atoms with Crippen molar-refractivity contribution in [2.75, 3.05) is 22.6 Å². The molecule has 168 valence electrons. The number of ether oxygens (including phenoxy) is 1. The Morgan fingerprint density at radius 2 is 1.38 bits per heavy atom. The molecule has 0 aliphatic rings. The van der Waals surface area contributed by atoms with Crippen LogP contribution in [0.25, 0.3) is 0 Å². The molecule has 0 heterocycles. The van der Waals surface area contributed by atoms with Crippen LogP contribution in [0.2, 0.25) is 0 Å². The Morgan fingerprint density at radius 3 is 2.00 bits per heavy atom. The number of benzene rings is 2. The highest BCUT2D eigenvalue weighted by Crippen LogP contribution is 2.14. The van der Waals surface area contributed by atoms with Gasteiger partial charge < -0.3 is 20.7 Å². The van der Waals surface area contributed by atoms with Gasteiger partial charge in [0, 0.05) is 42.4 Å². The van der Waals surface area contributed by atoms with E-state index in [0.29, 0.717) is 22.6 Å². The number of hydrogen-bond donors (Lipinski definition) is 3. The SMILES string of the molecule is CC(=O)Nc1ccc(NC(=O)COC(=O)CCCC(=O)Nc2cccc(C(C)=O)c2)cc1. The molecule has 0 radical (unpaired) electrons. The lowest BCUT2D eigenvalue weighted by molar-refractivity contribution is -0.147. The fourth-order valence-corrected chi connectivity index (χ4v) is 2.69. The van der Waals surface area contributed by atoms with E-state index in [2.05, 4.69) is 16.0 Å². The molecule has 0 aliphatic heterocycles. The number of rotatable bonds is 10. The van der Waals surface area contributed by atoms with Crippen LogP contribution in [0, 0.1) is 0 Å². The summed E-state index contributed by atoms with van der Waals surface area (Å²) >= 11 is 0. The predicted octanol–water partition coefficient (Wildman–Crippen LogP) is 3.14. The standard InChI is InChI=1S/C23H25N3O6/c1-15(27)17-5-3-6-20(13-17)26-21(29)7-4-8-23(31)32-14-22(30)25-19-11-9-18(10-12-19)24-16(2)28/h3,5-6,9-13H,4,7-8,14H2,1-2H3,(H,24,28)(H,25,30)(H,26,29). The molecule has 3 N–H and O–H groups in total. The predicted molar refractivity (Wildman–Crippen MR) is 119 cm³/mol. The van der Waals surface area contributed by atoms with E-state index in [9.17, 15) is 24.0 Å². The number of Topliss-reactive ketones (excluding diaryl/α,β-unsaturated/α-hetero) is 1. The third-order valence-corrected chi connectivity index (χ3v) is 4.19. The first-order valence-corrected chi connectivity index (χ1v) is 9.97. The molecule has 0 aromatic heterocycles. The molecular weight excluding hydrogens is 414 g/mol. The maximum Gasteiger partial charge on any atom is 0.306 e. The summed E-state index contributed by atoms with van der Waals surface area (Å²) in [7, 11) is 0. The Kier molecular flexibility index (Phi) is 9.09. The first-order valence-electron chi connectivity index (χ1n) is 9.97. The Bertz CT molecular complexity index is 1000. The van der Waals surface area contributed by atoms with Gasteiger partial charge in [0.25, 0.3) is 5.91 Å². The summed E-state index contributed by atoms with van der Waals surface area (Å²) in [4.78, 5) is 58.1. The van der Waals surface area contributed by atoms with Gasteiger partial charge in [-0.15, -0.1) is 0 Å². The van der Waals surface area contributed by atoms with Crippen molar-refractivity contribution >= 4 is 46.5 Å². The van der Waals surface area contributed by atoms with Crippen molar-refractivity contribution < 1.29 is 28.7 Å². The lowest BCUT2D eigenvalue weighted by atomic mass is 10.1. The van der Waals surface area contributed by atoms with Crippen molar-refractivity contribution in [3.05, 3.63) is 54.1 Å². The largest absolute Gasteiger partial charge is 0.456 e. The zero-order valence-electron chi connectivity index (χ0n) is 17.9. The number of carbonyl (C=O) groups is 5. The van der Waals surface area contributed by atoms with Gasteiger partial charge in [-0.05, 0) is 49.7 Å². The summed E-state index contributed by atoms with van der Waals surface area (Å²) < 4.78 is 4.92. The maximum absolute atomic E-state index is 12.0. The molecular formula is C23H25N3O6. The summed E-state index contributed by atoms with van der Waals surface area (Å²) in [6.45, 7) is 2.39. The fourth-order valence-electron chi connectivity index (χ4n) is 2.69. The number of esters is 1. The molecule has 2 rings (SSSR count). The van der Waals surface area contributed by atoms with E-state index in [1.165, 1.54) is 13.8 Å². The minimum absolute atomic E-state index is 0.0143. The molecule has 2 aromatic carbocycles. The maximum atomic E-state index is 12.0. The van der Waals surface area contributed by atoms with Crippen molar-refractivity contribution in [3.8, 4) is 0 Å². The first-order chi connectivity index (χ1) is 15.2. The molecule has 0 saturated heterocycles. The van der Waals surface area contributed by atoms with E-state index in [4.69, 9.17) is 4.74 Å². The smallest absolute Gasteiger partial charge is 0.306 e. The quantitative estimate of drug-likeness (QED) is 0.385. The first kappa shape index (κ1) is 24.3. The molecule has 0 aliphatic carbocycles. The molecule has 32 heavy (non-hydrogen) atoms. The van der Waals surface area contributed by atoms with Crippen LogP contribution in [0.15, 0.2) is 48.5 Å². The second kappa shape index (κ2) is 12.0. The van der Waals surface area contributed by atoms with Crippen molar-refractivity contribution in [2.45, 2.75) is 33.1 Å². The van der Waals surface area contributed by atoms with E-state index in [1.54, 1.807) is 48.5 Å². The third kappa shape index (κ3) is 8.78. The van der Waals surface area contributed by atoms with E-state index >= 15 is 0 Å². The van der Waals surface area contributed by atoms with Crippen LogP contribution in [0.1, 0.15) is 43.5 Å². The summed E-state index contributed by atoms with van der Waals surface area (Å²) in [6, 6.07) is 13.1. The molecule has 0 bridgehead atoms. The molecule has 0 fully saturated rings. The molecule has 0 unspecified atom stereocenters. The third-order valence-electron chi connectivity index (χ3n) is 4.19. The molecule has 9 nitrogen and oxygen atoms in total. The summed E-state index contributed by atoms with van der Waals surface area (Å²) in [5.41, 5.74) is 2.09. The van der Waals surface area contributed by atoms with Crippen molar-refractivity contribution in [2.24, 2.45) is 0 Å². The van der Waals surface area contributed by atoms with Gasteiger partial charge in [0.15, 0.2) is 12.4 Å². The van der Waals surface area contributed by atoms with Crippen LogP contribution in [0.4, 0.5) is 17.1 Å². The van der Waals surface area contributed by atoms with Crippen molar-refractivity contribution in [1.82, 2.24) is 0 Å². The number of ketones is 1. The zero-order valence-corrected chi connectivity index (χ0v) is 17.9. The minimum Gasteiger partial charge on any atom is -0.456 e. The Balaban J connectivity index is 1.66. The van der Waals surface area contributed by atoms with Gasteiger partial charge in [0.1, 0.15) is 0 Å². The fraction of sp³-hybridized carbons (Fsp3) is 0.261. The van der Waals surface area contributed by atoms with Crippen molar-refractivity contribution in [1.29, 1.82) is 0 Å². The molecule has 0 atom stereocenters. The van der Waals surface area contributed by atoms with Gasteiger partial charge in [0.2, 0.25) is 11.8 Å². The van der Waals surface area contributed by atoms with Crippen LogP contribution in [-0.2, 0) is 23.9 Å². The van der Waals surface area contributed by atoms with Crippen LogP contribution >= 0.6 is 0 Å². The highest BCUT2D eigenvalue weighted by molar-refractivity contribution is 5.97. The minimum atomic E-state index is -0.590. The monoisotopic (exact) mass is 439 g/mol. The van der Waals surface area contributed by atoms with Gasteiger partial charge in [-0.1, -0.05) is 12.1 Å². The lowest BCUT2D eigenvalue weighted by Crippen LogP contribution is -2.21. The molecule has 0 spiro atoms. The topological polar surface area (TPSA) is 131 Å². The van der Waals surface area contributed by atoms with Gasteiger partial charge in [-0.2, -0.15) is 0 Å².